The van der Waals surface area contributed by atoms with Crippen molar-refractivity contribution in [2.24, 2.45) is 0 Å². The molecule has 0 radical (unpaired) electrons. The molecule has 0 bridgehead atoms. The Bertz CT molecular complexity index is 1300. The van der Waals surface area contributed by atoms with Crippen molar-refractivity contribution in [2.75, 3.05) is 17.9 Å². The Balaban J connectivity index is 1.63. The number of hydrogen-bond donors (Lipinski definition) is 3. The van der Waals surface area contributed by atoms with Crippen molar-refractivity contribution in [3.05, 3.63) is 70.3 Å². The lowest BCUT2D eigenvalue weighted by Crippen LogP contribution is -2.34. The average molecular weight is 445 g/mol. The van der Waals surface area contributed by atoms with E-state index < -0.39 is 27.2 Å². The molecule has 2 heterocycles. The molecule has 8 nitrogen and oxygen atoms in total. The van der Waals surface area contributed by atoms with Gasteiger partial charge in [-0.15, -0.1) is 0 Å². The van der Waals surface area contributed by atoms with Gasteiger partial charge in [0.2, 0.25) is 5.43 Å². The van der Waals surface area contributed by atoms with E-state index >= 15 is 0 Å². The molecule has 10 heteroatoms. The van der Waals surface area contributed by atoms with Gasteiger partial charge in [0.05, 0.1) is 16.7 Å². The quantitative estimate of drug-likeness (QED) is 0.539. The summed E-state index contributed by atoms with van der Waals surface area (Å²) in [5, 5.41) is 2.70. The summed E-state index contributed by atoms with van der Waals surface area (Å²) in [7, 11) is -4.16. The fraction of sp³-hybridized carbons (Fsp3) is 0.238. The maximum absolute atomic E-state index is 13.8. The Morgan fingerprint density at radius 2 is 2.03 bits per heavy atom. The Kier molecular flexibility index (Phi) is 5.75. The van der Waals surface area contributed by atoms with Gasteiger partial charge in [0.1, 0.15) is 11.4 Å². The summed E-state index contributed by atoms with van der Waals surface area (Å²) in [6, 6.07) is 9.22. The first-order valence-electron chi connectivity index (χ1n) is 9.68. The van der Waals surface area contributed by atoms with E-state index in [0.29, 0.717) is 12.1 Å². The number of hydrogen-bond acceptors (Lipinski definition) is 5. The van der Waals surface area contributed by atoms with Gasteiger partial charge in [-0.2, -0.15) is 0 Å². The van der Waals surface area contributed by atoms with Crippen LogP contribution in [0.3, 0.4) is 0 Å². The molecule has 1 saturated heterocycles. The van der Waals surface area contributed by atoms with Gasteiger partial charge in [-0.25, -0.2) is 12.8 Å². The number of fused-ring (bicyclic) bond motifs is 1. The second kappa shape index (κ2) is 8.48. The molecule has 0 spiro atoms. The summed E-state index contributed by atoms with van der Waals surface area (Å²) in [5.74, 6) is -1.30. The van der Waals surface area contributed by atoms with Crippen LogP contribution in [0.4, 0.5) is 10.1 Å². The number of rotatable bonds is 6. The molecule has 0 aliphatic carbocycles. The number of para-hydroxylation sites is 1. The van der Waals surface area contributed by atoms with Gasteiger partial charge >= 0.3 is 0 Å². The molecule has 1 aliphatic rings. The smallest absolute Gasteiger partial charge is 0.262 e. The number of pyridine rings is 1. The van der Waals surface area contributed by atoms with Gasteiger partial charge in [0.15, 0.2) is 0 Å². The van der Waals surface area contributed by atoms with Crippen LogP contribution in [0.15, 0.2) is 58.4 Å². The zero-order valence-electron chi connectivity index (χ0n) is 16.4. The summed E-state index contributed by atoms with van der Waals surface area (Å²) in [6.07, 6.45) is 2.98. The minimum absolute atomic E-state index is 0.0289. The lowest BCUT2D eigenvalue weighted by atomic mass is 10.1. The Hall–Kier alpha value is -3.24. The third-order valence-electron chi connectivity index (χ3n) is 5.04. The number of sulfonamides is 1. The van der Waals surface area contributed by atoms with Crippen LogP contribution >= 0.6 is 0 Å². The topological polar surface area (TPSA) is 117 Å². The highest BCUT2D eigenvalue weighted by molar-refractivity contribution is 7.92. The zero-order valence-corrected chi connectivity index (χ0v) is 17.2. The molecule has 1 aliphatic heterocycles. The number of amides is 1. The average Bonchev–Trinajstić information content (AvgIpc) is 3.27. The molecule has 3 aromatic rings. The Morgan fingerprint density at radius 1 is 1.23 bits per heavy atom. The van der Waals surface area contributed by atoms with Gasteiger partial charge < -0.3 is 15.0 Å². The van der Waals surface area contributed by atoms with Gasteiger partial charge in [-0.05, 0) is 43.2 Å². The summed E-state index contributed by atoms with van der Waals surface area (Å²) in [5.41, 5.74) is -0.590. The van der Waals surface area contributed by atoms with Gasteiger partial charge in [0.25, 0.3) is 15.9 Å². The van der Waals surface area contributed by atoms with Crippen molar-refractivity contribution in [3.63, 3.8) is 0 Å². The maximum atomic E-state index is 13.8. The summed E-state index contributed by atoms with van der Waals surface area (Å²) >= 11 is 0. The highest BCUT2D eigenvalue weighted by Crippen LogP contribution is 2.21. The molecule has 3 N–H and O–H groups in total. The van der Waals surface area contributed by atoms with Crippen LogP contribution in [0.2, 0.25) is 0 Å². The largest absolute Gasteiger partial charge is 0.376 e. The molecular formula is C21H20FN3O5S. The predicted octanol–water partition coefficient (Wildman–Crippen LogP) is 2.38. The highest BCUT2D eigenvalue weighted by atomic mass is 32.2. The molecule has 162 valence electrons. The van der Waals surface area contributed by atoms with Gasteiger partial charge in [-0.3, -0.25) is 14.3 Å². The molecule has 4 rings (SSSR count). The predicted molar refractivity (Wildman–Crippen MR) is 113 cm³/mol. The molecule has 1 amide bonds. The number of halogens is 1. The Morgan fingerprint density at radius 3 is 2.77 bits per heavy atom. The van der Waals surface area contributed by atoms with Crippen molar-refractivity contribution >= 4 is 32.5 Å². The van der Waals surface area contributed by atoms with Crippen LogP contribution in [0.1, 0.15) is 23.2 Å². The number of benzene rings is 2. The number of aromatic nitrogens is 1. The first-order chi connectivity index (χ1) is 14.8. The van der Waals surface area contributed by atoms with E-state index in [1.54, 1.807) is 0 Å². The number of nitrogens with one attached hydrogen (secondary N) is 3. The summed E-state index contributed by atoms with van der Waals surface area (Å²) in [6.45, 7) is 0.937. The number of carbonyl (C=O) groups is 1. The van der Waals surface area contributed by atoms with Crippen LogP contribution in [0.5, 0.6) is 0 Å². The van der Waals surface area contributed by atoms with E-state index in [1.807, 2.05) is 0 Å². The number of anilines is 1. The van der Waals surface area contributed by atoms with E-state index in [-0.39, 0.29) is 34.2 Å². The standard InChI is InChI=1S/C21H20FN3O5S/c22-17-5-1-2-6-19(17)25-31(28,29)14-7-8-18-15(10-14)20(26)16(12-23-18)21(27)24-11-13-4-3-9-30-13/h1-2,5-8,10,12-13,25H,3-4,9,11H2,(H,23,26)(H,24,27). The van der Waals surface area contributed by atoms with Crippen molar-refractivity contribution in [3.8, 4) is 0 Å². The molecule has 1 aromatic heterocycles. The molecular weight excluding hydrogens is 425 g/mol. The van der Waals surface area contributed by atoms with Crippen molar-refractivity contribution < 1.29 is 22.3 Å². The van der Waals surface area contributed by atoms with E-state index in [0.717, 1.165) is 25.0 Å². The number of ether oxygens (including phenoxy) is 1. The maximum Gasteiger partial charge on any atom is 0.262 e. The summed E-state index contributed by atoms with van der Waals surface area (Å²) < 4.78 is 46.8. The fourth-order valence-corrected chi connectivity index (χ4v) is 4.48. The third-order valence-corrected chi connectivity index (χ3v) is 6.40. The molecule has 0 saturated carbocycles. The number of aromatic amines is 1. The van der Waals surface area contributed by atoms with Gasteiger partial charge in [-0.1, -0.05) is 12.1 Å². The van der Waals surface area contributed by atoms with Crippen molar-refractivity contribution in [1.29, 1.82) is 0 Å². The second-order valence-corrected chi connectivity index (χ2v) is 8.85. The van der Waals surface area contributed by atoms with E-state index in [2.05, 4.69) is 15.0 Å². The van der Waals surface area contributed by atoms with Crippen molar-refractivity contribution in [1.82, 2.24) is 10.3 Å². The number of carbonyl (C=O) groups excluding carboxylic acids is 1. The fourth-order valence-electron chi connectivity index (χ4n) is 3.39. The van der Waals surface area contributed by atoms with Crippen LogP contribution in [-0.4, -0.2) is 38.6 Å². The van der Waals surface area contributed by atoms with E-state index in [1.165, 1.54) is 36.5 Å². The van der Waals surface area contributed by atoms with E-state index in [9.17, 15) is 22.4 Å². The SMILES string of the molecule is O=C(NCC1CCCO1)c1c[nH]c2ccc(S(=O)(=O)Nc3ccccc3F)cc2c1=O. The van der Waals surface area contributed by atoms with Crippen LogP contribution in [0, 0.1) is 5.82 Å². The molecule has 2 aromatic carbocycles. The third kappa shape index (κ3) is 4.44. The molecule has 1 atom stereocenters. The minimum Gasteiger partial charge on any atom is -0.376 e. The second-order valence-electron chi connectivity index (χ2n) is 7.17. The summed E-state index contributed by atoms with van der Waals surface area (Å²) in [4.78, 5) is 27.9. The first kappa shape index (κ1) is 21.0. The monoisotopic (exact) mass is 445 g/mol. The van der Waals surface area contributed by atoms with Crippen LogP contribution < -0.4 is 15.5 Å². The Labute approximate surface area is 177 Å². The van der Waals surface area contributed by atoms with Crippen LogP contribution in [0.25, 0.3) is 10.9 Å². The molecule has 1 unspecified atom stereocenters. The minimum atomic E-state index is -4.16. The molecule has 1 fully saturated rings. The lowest BCUT2D eigenvalue weighted by Gasteiger charge is -2.11. The van der Waals surface area contributed by atoms with Gasteiger partial charge in [0, 0.05) is 30.3 Å². The van der Waals surface area contributed by atoms with Crippen LogP contribution in [-0.2, 0) is 14.8 Å². The zero-order chi connectivity index (χ0) is 22.0. The lowest BCUT2D eigenvalue weighted by molar-refractivity contribution is 0.0857. The molecule has 31 heavy (non-hydrogen) atoms. The van der Waals surface area contributed by atoms with Crippen molar-refractivity contribution in [2.45, 2.75) is 23.8 Å². The number of H-pyrrole nitrogens is 1. The first-order valence-corrected chi connectivity index (χ1v) is 11.2. The normalized spacial score (nSPS) is 16.4. The highest BCUT2D eigenvalue weighted by Gasteiger charge is 2.21. The van der Waals surface area contributed by atoms with E-state index in [4.69, 9.17) is 4.74 Å².